The van der Waals surface area contributed by atoms with Crippen LogP contribution in [0.15, 0.2) is 30.6 Å². The van der Waals surface area contributed by atoms with E-state index in [1.807, 2.05) is 24.4 Å². The summed E-state index contributed by atoms with van der Waals surface area (Å²) in [6.07, 6.45) is 3.57. The standard InChI is InChI=1S/C11H14N4/c1-2-12-8-10-6-11(15-14-10)9-4-3-5-13-7-9/h3-7,12H,2,8H2,1H3,(H,14,15). The second-order valence-corrected chi connectivity index (χ2v) is 3.30. The zero-order valence-corrected chi connectivity index (χ0v) is 8.70. The van der Waals surface area contributed by atoms with Gasteiger partial charge >= 0.3 is 0 Å². The van der Waals surface area contributed by atoms with Gasteiger partial charge in [0.15, 0.2) is 0 Å². The number of H-pyrrole nitrogens is 1. The monoisotopic (exact) mass is 202 g/mol. The van der Waals surface area contributed by atoms with E-state index >= 15 is 0 Å². The SMILES string of the molecule is CCNCc1cc(-c2cccnc2)n[nH]1. The highest BCUT2D eigenvalue weighted by molar-refractivity contribution is 5.57. The van der Waals surface area contributed by atoms with Gasteiger partial charge in [-0.1, -0.05) is 6.92 Å². The molecule has 0 fully saturated rings. The molecule has 0 unspecified atom stereocenters. The molecule has 0 aliphatic carbocycles. The second kappa shape index (κ2) is 4.70. The lowest BCUT2D eigenvalue weighted by Crippen LogP contribution is -2.11. The first-order valence-electron chi connectivity index (χ1n) is 5.05. The van der Waals surface area contributed by atoms with Gasteiger partial charge in [-0.05, 0) is 24.7 Å². The van der Waals surface area contributed by atoms with Crippen LogP contribution in [0.5, 0.6) is 0 Å². The summed E-state index contributed by atoms with van der Waals surface area (Å²) >= 11 is 0. The summed E-state index contributed by atoms with van der Waals surface area (Å²) in [7, 11) is 0. The highest BCUT2D eigenvalue weighted by atomic mass is 15.1. The molecule has 4 nitrogen and oxygen atoms in total. The Labute approximate surface area is 88.8 Å². The van der Waals surface area contributed by atoms with Crippen molar-refractivity contribution < 1.29 is 0 Å². The van der Waals surface area contributed by atoms with Gasteiger partial charge in [0, 0.05) is 30.2 Å². The highest BCUT2D eigenvalue weighted by Gasteiger charge is 2.02. The Hall–Kier alpha value is -1.68. The van der Waals surface area contributed by atoms with E-state index in [-0.39, 0.29) is 0 Å². The van der Waals surface area contributed by atoms with Crippen LogP contribution in [0.1, 0.15) is 12.6 Å². The normalized spacial score (nSPS) is 10.5. The lowest BCUT2D eigenvalue weighted by Gasteiger charge is -1.95. The molecular weight excluding hydrogens is 188 g/mol. The van der Waals surface area contributed by atoms with Gasteiger partial charge in [-0.2, -0.15) is 5.10 Å². The zero-order chi connectivity index (χ0) is 10.5. The molecule has 78 valence electrons. The number of aromatic nitrogens is 3. The Morgan fingerprint density at radius 2 is 2.40 bits per heavy atom. The van der Waals surface area contributed by atoms with Crippen LogP contribution in [0.2, 0.25) is 0 Å². The molecular formula is C11H14N4. The Morgan fingerprint density at radius 1 is 1.47 bits per heavy atom. The fourth-order valence-corrected chi connectivity index (χ4v) is 1.37. The predicted molar refractivity (Wildman–Crippen MR) is 59.2 cm³/mol. The third-order valence-corrected chi connectivity index (χ3v) is 2.15. The van der Waals surface area contributed by atoms with Crippen molar-refractivity contribution >= 4 is 0 Å². The average Bonchev–Trinajstić information content (AvgIpc) is 2.76. The minimum atomic E-state index is 0.823. The minimum Gasteiger partial charge on any atom is -0.311 e. The molecule has 4 heteroatoms. The molecule has 0 amide bonds. The summed E-state index contributed by atoms with van der Waals surface area (Å²) in [5.41, 5.74) is 3.07. The summed E-state index contributed by atoms with van der Waals surface area (Å²) in [5.74, 6) is 0. The van der Waals surface area contributed by atoms with Crippen molar-refractivity contribution in [3.8, 4) is 11.3 Å². The molecule has 0 saturated heterocycles. The summed E-state index contributed by atoms with van der Waals surface area (Å²) in [6.45, 7) is 3.86. The van der Waals surface area contributed by atoms with E-state index in [4.69, 9.17) is 0 Å². The molecule has 2 heterocycles. The Balaban J connectivity index is 2.14. The first-order valence-corrected chi connectivity index (χ1v) is 5.05. The highest BCUT2D eigenvalue weighted by Crippen LogP contribution is 2.15. The number of aromatic amines is 1. The van der Waals surface area contributed by atoms with Crippen LogP contribution >= 0.6 is 0 Å². The molecule has 0 radical (unpaired) electrons. The van der Waals surface area contributed by atoms with E-state index in [9.17, 15) is 0 Å². The topological polar surface area (TPSA) is 53.6 Å². The first-order chi connectivity index (χ1) is 7.40. The maximum atomic E-state index is 4.23. The second-order valence-electron chi connectivity index (χ2n) is 3.30. The molecule has 0 aliphatic rings. The molecule has 2 rings (SSSR count). The van der Waals surface area contributed by atoms with Gasteiger partial charge in [-0.3, -0.25) is 10.1 Å². The molecule has 0 aromatic carbocycles. The number of hydrogen-bond donors (Lipinski definition) is 2. The molecule has 2 N–H and O–H groups in total. The Kier molecular flexibility index (Phi) is 3.09. The average molecular weight is 202 g/mol. The number of nitrogens with one attached hydrogen (secondary N) is 2. The van der Waals surface area contributed by atoms with Gasteiger partial charge < -0.3 is 5.32 Å². The number of hydrogen-bond acceptors (Lipinski definition) is 3. The minimum absolute atomic E-state index is 0.823. The Morgan fingerprint density at radius 3 is 3.13 bits per heavy atom. The lowest BCUT2D eigenvalue weighted by molar-refractivity contribution is 0.707. The predicted octanol–water partition coefficient (Wildman–Crippen LogP) is 1.58. The molecule has 0 atom stereocenters. The summed E-state index contributed by atoms with van der Waals surface area (Å²) in [5, 5.41) is 10.5. The van der Waals surface area contributed by atoms with Gasteiger partial charge in [-0.15, -0.1) is 0 Å². The smallest absolute Gasteiger partial charge is 0.0939 e. The van der Waals surface area contributed by atoms with Crippen LogP contribution < -0.4 is 5.32 Å². The van der Waals surface area contributed by atoms with Gasteiger partial charge in [0.25, 0.3) is 0 Å². The van der Waals surface area contributed by atoms with Crippen molar-refractivity contribution in [3.63, 3.8) is 0 Å². The van der Waals surface area contributed by atoms with Crippen molar-refractivity contribution in [1.29, 1.82) is 0 Å². The molecule has 0 spiro atoms. The van der Waals surface area contributed by atoms with E-state index in [0.29, 0.717) is 0 Å². The summed E-state index contributed by atoms with van der Waals surface area (Å²) in [6, 6.07) is 5.95. The quantitative estimate of drug-likeness (QED) is 0.791. The van der Waals surface area contributed by atoms with Crippen molar-refractivity contribution in [2.75, 3.05) is 6.54 Å². The molecule has 2 aromatic rings. The third kappa shape index (κ3) is 2.41. The van der Waals surface area contributed by atoms with Crippen LogP contribution in [0, 0.1) is 0 Å². The molecule has 0 bridgehead atoms. The van der Waals surface area contributed by atoms with E-state index in [1.54, 1.807) is 6.20 Å². The molecule has 0 aliphatic heterocycles. The van der Waals surface area contributed by atoms with Crippen molar-refractivity contribution in [1.82, 2.24) is 20.5 Å². The fraction of sp³-hybridized carbons (Fsp3) is 0.273. The largest absolute Gasteiger partial charge is 0.311 e. The first kappa shape index (κ1) is 9.86. The molecule has 15 heavy (non-hydrogen) atoms. The van der Waals surface area contributed by atoms with Crippen molar-refractivity contribution in [2.24, 2.45) is 0 Å². The van der Waals surface area contributed by atoms with Crippen LogP contribution in [0.25, 0.3) is 11.3 Å². The molecule has 2 aromatic heterocycles. The Bertz CT molecular complexity index is 408. The fourth-order valence-electron chi connectivity index (χ4n) is 1.37. The number of pyridine rings is 1. The maximum Gasteiger partial charge on any atom is 0.0939 e. The maximum absolute atomic E-state index is 4.23. The number of nitrogens with zero attached hydrogens (tertiary/aromatic N) is 2. The number of rotatable bonds is 4. The van der Waals surface area contributed by atoms with Crippen molar-refractivity contribution in [2.45, 2.75) is 13.5 Å². The van der Waals surface area contributed by atoms with Crippen LogP contribution in [-0.4, -0.2) is 21.7 Å². The van der Waals surface area contributed by atoms with Gasteiger partial charge in [0.1, 0.15) is 0 Å². The summed E-state index contributed by atoms with van der Waals surface area (Å²) < 4.78 is 0. The lowest BCUT2D eigenvalue weighted by atomic mass is 10.2. The zero-order valence-electron chi connectivity index (χ0n) is 8.70. The van der Waals surface area contributed by atoms with E-state index in [2.05, 4.69) is 27.4 Å². The van der Waals surface area contributed by atoms with Crippen LogP contribution in [0.4, 0.5) is 0 Å². The van der Waals surface area contributed by atoms with Gasteiger partial charge in [0.2, 0.25) is 0 Å². The third-order valence-electron chi connectivity index (χ3n) is 2.15. The van der Waals surface area contributed by atoms with E-state index in [0.717, 1.165) is 30.0 Å². The van der Waals surface area contributed by atoms with Crippen molar-refractivity contribution in [3.05, 3.63) is 36.3 Å². The van der Waals surface area contributed by atoms with Crippen LogP contribution in [-0.2, 0) is 6.54 Å². The van der Waals surface area contributed by atoms with E-state index < -0.39 is 0 Å². The summed E-state index contributed by atoms with van der Waals surface area (Å²) in [4.78, 5) is 4.06. The van der Waals surface area contributed by atoms with E-state index in [1.165, 1.54) is 0 Å². The molecule has 0 saturated carbocycles. The van der Waals surface area contributed by atoms with Gasteiger partial charge in [-0.25, -0.2) is 0 Å². The van der Waals surface area contributed by atoms with Gasteiger partial charge in [0.05, 0.1) is 5.69 Å². The van der Waals surface area contributed by atoms with Crippen LogP contribution in [0.3, 0.4) is 0 Å².